The van der Waals surface area contributed by atoms with E-state index in [1.165, 1.54) is 7.11 Å². The molecule has 3 aliphatic heterocycles. The highest BCUT2D eigenvalue weighted by Crippen LogP contribution is 2.47. The SMILES string of the molecule is CCCCN(C(=O)CN1C[C@H](c2cc(OC)c3c(c2)OCO3)C(C(=O)O)[C@@H]1CN1CCCC1=O)c1cccnc1. The second-order valence-corrected chi connectivity index (χ2v) is 10.5. The third kappa shape index (κ3) is 5.56. The number of aromatic nitrogens is 1. The van der Waals surface area contributed by atoms with E-state index < -0.39 is 23.8 Å². The van der Waals surface area contributed by atoms with Gasteiger partial charge in [0.15, 0.2) is 11.5 Å². The molecule has 11 heteroatoms. The van der Waals surface area contributed by atoms with Crippen LogP contribution in [0.1, 0.15) is 44.1 Å². The average molecular weight is 553 g/mol. The number of carboxylic acid groups (broad SMARTS) is 1. The maximum Gasteiger partial charge on any atom is 0.308 e. The van der Waals surface area contributed by atoms with Gasteiger partial charge in [0, 0.05) is 50.8 Å². The molecule has 1 aromatic heterocycles. The Labute approximate surface area is 233 Å². The summed E-state index contributed by atoms with van der Waals surface area (Å²) in [5.41, 5.74) is 1.44. The molecule has 0 saturated carbocycles. The van der Waals surface area contributed by atoms with Crippen molar-refractivity contribution in [3.63, 3.8) is 0 Å². The van der Waals surface area contributed by atoms with Crippen molar-refractivity contribution < 1.29 is 33.7 Å². The van der Waals surface area contributed by atoms with Crippen LogP contribution in [0.3, 0.4) is 0 Å². The molecule has 2 amide bonds. The third-order valence-corrected chi connectivity index (χ3v) is 8.05. The van der Waals surface area contributed by atoms with Gasteiger partial charge in [-0.15, -0.1) is 0 Å². The number of amides is 2. The number of ether oxygens (including phenoxy) is 3. The molecule has 1 unspecified atom stereocenters. The number of nitrogens with zero attached hydrogens (tertiary/aromatic N) is 4. The van der Waals surface area contributed by atoms with Crippen molar-refractivity contribution in [3.05, 3.63) is 42.2 Å². The highest BCUT2D eigenvalue weighted by molar-refractivity contribution is 5.94. The summed E-state index contributed by atoms with van der Waals surface area (Å²) in [6, 6.07) is 6.69. The number of likely N-dealkylation sites (tertiary alicyclic amines) is 2. The fourth-order valence-electron chi connectivity index (χ4n) is 6.03. The molecule has 11 nitrogen and oxygen atoms in total. The molecule has 214 valence electrons. The van der Waals surface area contributed by atoms with Crippen LogP contribution in [-0.4, -0.2) is 90.3 Å². The first-order valence-electron chi connectivity index (χ1n) is 13.8. The third-order valence-electron chi connectivity index (χ3n) is 8.05. The average Bonchev–Trinajstić information content (AvgIpc) is 3.68. The van der Waals surface area contributed by atoms with Crippen molar-refractivity contribution >= 4 is 23.5 Å². The van der Waals surface area contributed by atoms with Gasteiger partial charge >= 0.3 is 5.97 Å². The predicted molar refractivity (Wildman–Crippen MR) is 146 cm³/mol. The normalized spacial score (nSPS) is 22.1. The standard InChI is InChI=1S/C29H36N4O7/c1-3-4-11-33(20-7-5-9-30-14-20)26(35)17-32-15-21(19-12-23(38-2)28-24(13-19)39-18-40-28)27(29(36)37)22(32)16-31-10-6-8-25(31)34/h5,7,9,12-14,21-22,27H,3-4,6,8,10-11,15-18H2,1-2H3,(H,36,37)/t21-,22+,27?/m1/s1. The van der Waals surface area contributed by atoms with Crippen LogP contribution in [0.25, 0.3) is 0 Å². The molecule has 5 rings (SSSR count). The topological polar surface area (TPSA) is 122 Å². The second kappa shape index (κ2) is 12.1. The molecule has 1 aromatic carbocycles. The number of carbonyl (C=O) groups is 3. The zero-order valence-electron chi connectivity index (χ0n) is 23.0. The Balaban J connectivity index is 1.48. The lowest BCUT2D eigenvalue weighted by atomic mass is 9.84. The van der Waals surface area contributed by atoms with Crippen molar-refractivity contribution in [2.45, 2.75) is 44.6 Å². The molecular formula is C29H36N4O7. The monoisotopic (exact) mass is 552 g/mol. The molecule has 0 bridgehead atoms. The number of carboxylic acids is 1. The van der Waals surface area contributed by atoms with Gasteiger partial charge in [0.1, 0.15) is 0 Å². The van der Waals surface area contributed by atoms with E-state index in [9.17, 15) is 19.5 Å². The first-order valence-corrected chi connectivity index (χ1v) is 13.8. The summed E-state index contributed by atoms with van der Waals surface area (Å²) < 4.78 is 16.7. The Morgan fingerprint density at radius 3 is 2.80 bits per heavy atom. The van der Waals surface area contributed by atoms with Crippen molar-refractivity contribution in [1.82, 2.24) is 14.8 Å². The summed E-state index contributed by atoms with van der Waals surface area (Å²) in [5, 5.41) is 10.5. The molecule has 3 aliphatic rings. The van der Waals surface area contributed by atoms with Gasteiger partial charge in [0.2, 0.25) is 24.4 Å². The molecular weight excluding hydrogens is 516 g/mol. The van der Waals surface area contributed by atoms with Gasteiger partial charge in [-0.05, 0) is 42.7 Å². The van der Waals surface area contributed by atoms with Crippen molar-refractivity contribution in [3.8, 4) is 17.2 Å². The van der Waals surface area contributed by atoms with Crippen LogP contribution >= 0.6 is 0 Å². The number of carbonyl (C=O) groups excluding carboxylic acids is 2. The lowest BCUT2D eigenvalue weighted by Crippen LogP contribution is -2.49. The minimum absolute atomic E-state index is 0.0172. The molecule has 0 aliphatic carbocycles. The fraction of sp³-hybridized carbons (Fsp3) is 0.517. The summed E-state index contributed by atoms with van der Waals surface area (Å²) in [4.78, 5) is 48.8. The first kappa shape index (κ1) is 27.7. The molecule has 4 heterocycles. The first-order chi connectivity index (χ1) is 19.4. The molecule has 0 spiro atoms. The van der Waals surface area contributed by atoms with Crippen LogP contribution in [0.15, 0.2) is 36.7 Å². The summed E-state index contributed by atoms with van der Waals surface area (Å²) >= 11 is 0. The van der Waals surface area contributed by atoms with Gasteiger partial charge in [-0.25, -0.2) is 0 Å². The molecule has 2 aromatic rings. The van der Waals surface area contributed by atoms with E-state index in [-0.39, 0.29) is 31.7 Å². The largest absolute Gasteiger partial charge is 0.493 e. The van der Waals surface area contributed by atoms with Gasteiger partial charge in [-0.1, -0.05) is 13.3 Å². The van der Waals surface area contributed by atoms with Crippen LogP contribution in [0, 0.1) is 5.92 Å². The Bertz CT molecular complexity index is 1240. The van der Waals surface area contributed by atoms with Gasteiger partial charge < -0.3 is 29.1 Å². The molecule has 0 radical (unpaired) electrons. The second-order valence-electron chi connectivity index (χ2n) is 10.5. The number of pyridine rings is 1. The summed E-state index contributed by atoms with van der Waals surface area (Å²) in [6.45, 7) is 3.85. The van der Waals surface area contributed by atoms with Crippen LogP contribution in [0.5, 0.6) is 17.2 Å². The van der Waals surface area contributed by atoms with E-state index in [2.05, 4.69) is 11.9 Å². The number of unbranched alkanes of at least 4 members (excludes halogenated alkanes) is 1. The highest BCUT2D eigenvalue weighted by Gasteiger charge is 2.49. The Hall–Kier alpha value is -3.86. The number of fused-ring (bicyclic) bond motifs is 1. The summed E-state index contributed by atoms with van der Waals surface area (Å²) in [6.07, 6.45) is 6.28. The van der Waals surface area contributed by atoms with Crippen LogP contribution in [-0.2, 0) is 14.4 Å². The van der Waals surface area contributed by atoms with E-state index in [4.69, 9.17) is 14.2 Å². The number of aliphatic carboxylic acids is 1. The zero-order valence-corrected chi connectivity index (χ0v) is 23.0. The quantitative estimate of drug-likeness (QED) is 0.448. The number of anilines is 1. The lowest BCUT2D eigenvalue weighted by molar-refractivity contribution is -0.144. The lowest BCUT2D eigenvalue weighted by Gasteiger charge is -2.32. The Kier molecular flexibility index (Phi) is 8.39. The molecule has 40 heavy (non-hydrogen) atoms. The molecule has 1 N–H and O–H groups in total. The molecule has 2 saturated heterocycles. The van der Waals surface area contributed by atoms with Crippen molar-refractivity contribution in [2.24, 2.45) is 5.92 Å². The van der Waals surface area contributed by atoms with Crippen molar-refractivity contribution in [1.29, 1.82) is 0 Å². The molecule has 3 atom stereocenters. The Morgan fingerprint density at radius 1 is 1.27 bits per heavy atom. The summed E-state index contributed by atoms with van der Waals surface area (Å²) in [7, 11) is 1.53. The number of benzene rings is 1. The van der Waals surface area contributed by atoms with Crippen LogP contribution in [0.4, 0.5) is 5.69 Å². The van der Waals surface area contributed by atoms with Crippen LogP contribution < -0.4 is 19.1 Å². The minimum atomic E-state index is -0.969. The van der Waals surface area contributed by atoms with E-state index in [1.807, 2.05) is 11.0 Å². The van der Waals surface area contributed by atoms with Gasteiger partial charge in [0.25, 0.3) is 0 Å². The zero-order chi connectivity index (χ0) is 28.2. The number of methoxy groups -OCH3 is 1. The van der Waals surface area contributed by atoms with E-state index in [0.29, 0.717) is 49.0 Å². The van der Waals surface area contributed by atoms with Gasteiger partial charge in [-0.2, -0.15) is 0 Å². The van der Waals surface area contributed by atoms with E-state index in [0.717, 1.165) is 24.8 Å². The maximum absolute atomic E-state index is 13.8. The van der Waals surface area contributed by atoms with E-state index in [1.54, 1.807) is 40.4 Å². The van der Waals surface area contributed by atoms with Crippen LogP contribution in [0.2, 0.25) is 0 Å². The number of hydrogen-bond donors (Lipinski definition) is 1. The highest BCUT2D eigenvalue weighted by atomic mass is 16.7. The van der Waals surface area contributed by atoms with Crippen molar-refractivity contribution in [2.75, 3.05) is 51.5 Å². The Morgan fingerprint density at radius 2 is 2.12 bits per heavy atom. The van der Waals surface area contributed by atoms with Gasteiger partial charge in [-0.3, -0.25) is 24.3 Å². The number of rotatable bonds is 11. The molecule has 2 fully saturated rings. The predicted octanol–water partition coefficient (Wildman–Crippen LogP) is 2.74. The fourth-order valence-corrected chi connectivity index (χ4v) is 6.03. The van der Waals surface area contributed by atoms with Gasteiger partial charge in [0.05, 0.1) is 31.5 Å². The summed E-state index contributed by atoms with van der Waals surface area (Å²) in [5.74, 6) is -0.934. The van der Waals surface area contributed by atoms with E-state index >= 15 is 0 Å². The maximum atomic E-state index is 13.8. The minimum Gasteiger partial charge on any atom is -0.493 e. The number of hydrogen-bond acceptors (Lipinski definition) is 8. The smallest absolute Gasteiger partial charge is 0.308 e.